The predicted molar refractivity (Wildman–Crippen MR) is 101 cm³/mol. The normalized spacial score (nSPS) is 13.6. The summed E-state index contributed by atoms with van der Waals surface area (Å²) in [5, 5.41) is 5.23. The summed E-state index contributed by atoms with van der Waals surface area (Å²) in [6.45, 7) is 2.01. The molecular weight excluding hydrogens is 407 g/mol. The number of halogens is 2. The number of hydrogen-bond donors (Lipinski definition) is 2. The molecule has 0 saturated carbocycles. The number of nitrogens with two attached hydrogens (primary N) is 1. The molecule has 3 heterocycles. The van der Waals surface area contributed by atoms with Crippen LogP contribution in [0.3, 0.4) is 0 Å². The first-order valence-corrected chi connectivity index (χ1v) is 9.28. The lowest BCUT2D eigenvalue weighted by Gasteiger charge is -2.10. The maximum atomic E-state index is 13.4. The number of nitrogens with one attached hydrogen (secondary N) is 1. The van der Waals surface area contributed by atoms with Gasteiger partial charge in [-0.25, -0.2) is 9.37 Å². The molecule has 0 saturated heterocycles. The van der Waals surface area contributed by atoms with E-state index in [-0.39, 0.29) is 12.2 Å². The summed E-state index contributed by atoms with van der Waals surface area (Å²) in [6, 6.07) is 3.33. The van der Waals surface area contributed by atoms with Crippen LogP contribution in [0.15, 0.2) is 26.4 Å². The lowest BCUT2D eigenvalue weighted by Crippen LogP contribution is -2.31. The summed E-state index contributed by atoms with van der Waals surface area (Å²) < 4.78 is 19.9. The number of alkyl halides is 1. The molecule has 0 fully saturated rings. The minimum absolute atomic E-state index is 0.240. The molecule has 0 aliphatic carbocycles. The van der Waals surface area contributed by atoms with Crippen LogP contribution in [0.1, 0.15) is 23.4 Å². The van der Waals surface area contributed by atoms with Gasteiger partial charge in [0.2, 0.25) is 5.82 Å². The van der Waals surface area contributed by atoms with Crippen LogP contribution in [-0.2, 0) is 13.0 Å². The summed E-state index contributed by atoms with van der Waals surface area (Å²) in [4.78, 5) is 9.77. The molecule has 5 nitrogen and oxygen atoms in total. The number of anilines is 1. The third kappa shape index (κ3) is 3.84. The van der Waals surface area contributed by atoms with Gasteiger partial charge < -0.3 is 15.5 Å². The molecule has 0 aliphatic rings. The van der Waals surface area contributed by atoms with E-state index in [1.807, 2.05) is 17.5 Å². The second-order valence-electron chi connectivity index (χ2n) is 5.54. The Morgan fingerprint density at radius 2 is 2.32 bits per heavy atom. The number of thiophene rings is 1. The largest absolute Gasteiger partial charge is 0.454 e. The fraction of sp³-hybridized carbons (Fsp3) is 0.294. The summed E-state index contributed by atoms with van der Waals surface area (Å²) in [5.41, 5.74) is 6.83. The van der Waals surface area contributed by atoms with Gasteiger partial charge in [0.05, 0.1) is 11.0 Å². The van der Waals surface area contributed by atoms with Crippen LogP contribution in [0.25, 0.3) is 11.1 Å². The number of aromatic nitrogens is 2. The Balaban J connectivity index is 1.99. The zero-order chi connectivity index (χ0) is 18.0. The van der Waals surface area contributed by atoms with E-state index in [1.54, 1.807) is 11.3 Å². The van der Waals surface area contributed by atoms with E-state index in [1.165, 1.54) is 6.92 Å². The Bertz CT molecular complexity index is 917. The molecule has 2 atom stereocenters. The highest BCUT2D eigenvalue weighted by atomic mass is 79.9. The van der Waals surface area contributed by atoms with Crippen molar-refractivity contribution in [1.29, 1.82) is 0 Å². The number of fused-ring (bicyclic) bond motifs is 1. The molecule has 0 unspecified atom stereocenters. The van der Waals surface area contributed by atoms with Gasteiger partial charge in [-0.15, -0.1) is 17.8 Å². The summed E-state index contributed by atoms with van der Waals surface area (Å²) in [6.07, 6.45) is 4.55. The Morgan fingerprint density at radius 3 is 2.96 bits per heavy atom. The van der Waals surface area contributed by atoms with Gasteiger partial charge in [0.15, 0.2) is 11.4 Å². The molecule has 0 aliphatic heterocycles. The van der Waals surface area contributed by atoms with E-state index in [4.69, 9.17) is 16.6 Å². The molecule has 3 aromatic heterocycles. The van der Waals surface area contributed by atoms with Crippen molar-refractivity contribution in [3.63, 3.8) is 0 Å². The van der Waals surface area contributed by atoms with Crippen LogP contribution >= 0.6 is 27.3 Å². The van der Waals surface area contributed by atoms with E-state index < -0.39 is 12.2 Å². The molecule has 3 aromatic rings. The first-order chi connectivity index (χ1) is 12.0. The van der Waals surface area contributed by atoms with Crippen molar-refractivity contribution < 1.29 is 8.81 Å². The van der Waals surface area contributed by atoms with Crippen LogP contribution in [0.2, 0.25) is 0 Å². The number of terminal acetylenes is 1. The van der Waals surface area contributed by atoms with Crippen molar-refractivity contribution in [3.8, 4) is 12.3 Å². The summed E-state index contributed by atoms with van der Waals surface area (Å²) in [7, 11) is 0. The van der Waals surface area contributed by atoms with Crippen LogP contribution < -0.4 is 11.1 Å². The van der Waals surface area contributed by atoms with Crippen LogP contribution in [0.4, 0.5) is 10.2 Å². The number of furan rings is 1. The fourth-order valence-electron chi connectivity index (χ4n) is 2.27. The highest BCUT2D eigenvalue weighted by Crippen LogP contribution is 2.34. The molecule has 25 heavy (non-hydrogen) atoms. The Morgan fingerprint density at radius 1 is 1.52 bits per heavy atom. The maximum Gasteiger partial charge on any atom is 0.207 e. The van der Waals surface area contributed by atoms with E-state index >= 15 is 0 Å². The van der Waals surface area contributed by atoms with Crippen molar-refractivity contribution in [2.75, 3.05) is 5.32 Å². The molecule has 0 radical (unpaired) electrons. The Hall–Kier alpha value is -1.95. The second kappa shape index (κ2) is 7.52. The molecule has 130 valence electrons. The van der Waals surface area contributed by atoms with Gasteiger partial charge in [-0.2, -0.15) is 4.98 Å². The standard InChI is InChI=1S/C17H16BrFN4OS/c1-3-13-22-15-14(18)12(7-11(20)9(2)19)24-16(15)17(23-13)21-8-10-5-4-6-25-10/h1,4-6,9,11H,7-8,20H2,2H3,(H,21,22,23)/t9-,11+/m0/s1. The molecular formula is C17H16BrFN4OS. The minimum atomic E-state index is -1.15. The van der Waals surface area contributed by atoms with Crippen molar-refractivity contribution in [2.24, 2.45) is 5.73 Å². The minimum Gasteiger partial charge on any atom is -0.454 e. The highest BCUT2D eigenvalue weighted by molar-refractivity contribution is 9.10. The van der Waals surface area contributed by atoms with Crippen LogP contribution in [0.5, 0.6) is 0 Å². The SMILES string of the molecule is C#Cc1nc(NCc2cccs2)c2oc(C[C@@H](N)[C@H](C)F)c(Br)c2n1. The van der Waals surface area contributed by atoms with Crippen LogP contribution in [-0.4, -0.2) is 22.2 Å². The van der Waals surface area contributed by atoms with Crippen molar-refractivity contribution in [1.82, 2.24) is 9.97 Å². The number of rotatable bonds is 6. The lowest BCUT2D eigenvalue weighted by atomic mass is 10.1. The van der Waals surface area contributed by atoms with Gasteiger partial charge in [0.1, 0.15) is 17.4 Å². The first kappa shape index (κ1) is 17.9. The molecule has 0 amide bonds. The predicted octanol–water partition coefficient (Wildman–Crippen LogP) is 3.87. The summed E-state index contributed by atoms with van der Waals surface area (Å²) >= 11 is 5.09. The lowest BCUT2D eigenvalue weighted by molar-refractivity contribution is 0.295. The average molecular weight is 423 g/mol. The van der Waals surface area contributed by atoms with E-state index in [9.17, 15) is 4.39 Å². The highest BCUT2D eigenvalue weighted by Gasteiger charge is 2.22. The molecule has 8 heteroatoms. The van der Waals surface area contributed by atoms with E-state index in [0.29, 0.717) is 33.7 Å². The number of nitrogens with zero attached hydrogens (tertiary/aromatic N) is 2. The quantitative estimate of drug-likeness (QED) is 0.589. The van der Waals surface area contributed by atoms with Gasteiger partial charge in [0.25, 0.3) is 0 Å². The fourth-order valence-corrected chi connectivity index (χ4v) is 3.43. The topological polar surface area (TPSA) is 77.0 Å². The van der Waals surface area contributed by atoms with Crippen molar-refractivity contribution in [3.05, 3.63) is 38.4 Å². The monoisotopic (exact) mass is 422 g/mol. The van der Waals surface area contributed by atoms with Gasteiger partial charge in [-0.05, 0) is 40.2 Å². The van der Waals surface area contributed by atoms with Crippen molar-refractivity contribution >= 4 is 44.2 Å². The van der Waals surface area contributed by atoms with Crippen LogP contribution in [0, 0.1) is 12.3 Å². The van der Waals surface area contributed by atoms with E-state index in [0.717, 1.165) is 4.88 Å². The smallest absolute Gasteiger partial charge is 0.207 e. The Labute approximate surface area is 157 Å². The third-order valence-corrected chi connectivity index (χ3v) is 5.39. The van der Waals surface area contributed by atoms with Gasteiger partial charge in [-0.3, -0.25) is 0 Å². The summed E-state index contributed by atoms with van der Waals surface area (Å²) in [5.74, 6) is 3.71. The third-order valence-electron chi connectivity index (χ3n) is 3.69. The zero-order valence-electron chi connectivity index (χ0n) is 13.4. The van der Waals surface area contributed by atoms with Gasteiger partial charge in [-0.1, -0.05) is 6.07 Å². The molecule has 3 N–H and O–H groups in total. The Kier molecular flexibility index (Phi) is 5.37. The van der Waals surface area contributed by atoms with Gasteiger partial charge >= 0.3 is 0 Å². The van der Waals surface area contributed by atoms with E-state index in [2.05, 4.69) is 37.1 Å². The molecule has 0 aromatic carbocycles. The zero-order valence-corrected chi connectivity index (χ0v) is 15.8. The average Bonchev–Trinajstić information content (AvgIpc) is 3.22. The molecule has 3 rings (SSSR count). The molecule has 0 spiro atoms. The second-order valence-corrected chi connectivity index (χ2v) is 7.36. The van der Waals surface area contributed by atoms with Gasteiger partial charge in [0, 0.05) is 17.3 Å². The maximum absolute atomic E-state index is 13.4. The van der Waals surface area contributed by atoms with Crippen molar-refractivity contribution in [2.45, 2.75) is 32.1 Å². The first-order valence-electron chi connectivity index (χ1n) is 7.61. The molecule has 0 bridgehead atoms. The number of hydrogen-bond acceptors (Lipinski definition) is 6.